The minimum atomic E-state index is -0.747. The zero-order valence-electron chi connectivity index (χ0n) is 16.9. The predicted molar refractivity (Wildman–Crippen MR) is 116 cm³/mol. The van der Waals surface area contributed by atoms with E-state index in [-0.39, 0.29) is 12.1 Å². The van der Waals surface area contributed by atoms with Crippen LogP contribution in [0.3, 0.4) is 0 Å². The average Bonchev–Trinajstić information content (AvgIpc) is 2.80. The number of carbonyl (C=O) groups is 3. The highest BCUT2D eigenvalue weighted by molar-refractivity contribution is 6.05. The molecule has 2 aromatic carbocycles. The summed E-state index contributed by atoms with van der Waals surface area (Å²) in [4.78, 5) is 40.7. The summed E-state index contributed by atoms with van der Waals surface area (Å²) in [6.45, 7) is 3.06. The van der Waals surface area contributed by atoms with Gasteiger partial charge in [-0.05, 0) is 36.4 Å². The second-order valence-electron chi connectivity index (χ2n) is 6.42. The Balaban J connectivity index is 1.81. The topological polar surface area (TPSA) is 107 Å². The molecule has 31 heavy (non-hydrogen) atoms. The van der Waals surface area contributed by atoms with E-state index in [1.807, 2.05) is 18.2 Å². The highest BCUT2D eigenvalue weighted by Gasteiger charge is 2.17. The van der Waals surface area contributed by atoms with E-state index in [9.17, 15) is 14.4 Å². The van der Waals surface area contributed by atoms with Crippen molar-refractivity contribution in [2.45, 2.75) is 0 Å². The number of esters is 1. The van der Waals surface area contributed by atoms with E-state index in [2.05, 4.69) is 22.2 Å². The average molecular weight is 419 g/mol. The number of hydrogen-bond acceptors (Lipinski definition) is 6. The molecule has 158 valence electrons. The quantitative estimate of drug-likeness (QED) is 0.450. The Hall–Kier alpha value is -4.20. The summed E-state index contributed by atoms with van der Waals surface area (Å²) in [6, 6.07) is 15.3. The van der Waals surface area contributed by atoms with Gasteiger partial charge in [0.05, 0.1) is 23.9 Å². The Morgan fingerprint density at radius 1 is 1.10 bits per heavy atom. The Morgan fingerprint density at radius 3 is 2.55 bits per heavy atom. The Bertz CT molecular complexity index is 1130. The molecule has 3 rings (SSSR count). The standard InChI is InChI=1S/C23H21N3O5/c1-3-12-24-23(29)26-21(27)14-31-22(28)18-13-20(15-8-10-16(30-2)11-9-15)25-19-7-5-4-6-17(18)19/h3-11,13H,1,12,14H2,2H3,(H2,24,26,27,29). The number of benzene rings is 2. The maximum Gasteiger partial charge on any atom is 0.339 e. The molecule has 0 radical (unpaired) electrons. The molecule has 0 unspecified atom stereocenters. The molecule has 0 saturated carbocycles. The molecule has 0 atom stereocenters. The number of para-hydroxylation sites is 1. The van der Waals surface area contributed by atoms with E-state index >= 15 is 0 Å². The third kappa shape index (κ3) is 5.45. The lowest BCUT2D eigenvalue weighted by Gasteiger charge is -2.11. The smallest absolute Gasteiger partial charge is 0.339 e. The number of rotatable bonds is 7. The molecule has 2 N–H and O–H groups in total. The van der Waals surface area contributed by atoms with Crippen LogP contribution in [-0.4, -0.2) is 43.2 Å². The van der Waals surface area contributed by atoms with Crippen molar-refractivity contribution in [1.82, 2.24) is 15.6 Å². The number of fused-ring (bicyclic) bond motifs is 1. The molecule has 0 aliphatic heterocycles. The minimum Gasteiger partial charge on any atom is -0.497 e. The number of urea groups is 1. The fourth-order valence-electron chi connectivity index (χ4n) is 2.83. The number of aromatic nitrogens is 1. The van der Waals surface area contributed by atoms with Crippen molar-refractivity contribution in [1.29, 1.82) is 0 Å². The molecule has 0 saturated heterocycles. The third-order valence-electron chi connectivity index (χ3n) is 4.32. The first kappa shape index (κ1) is 21.5. The van der Waals surface area contributed by atoms with Crippen molar-refractivity contribution in [2.75, 3.05) is 20.3 Å². The zero-order chi connectivity index (χ0) is 22.2. The van der Waals surface area contributed by atoms with Crippen molar-refractivity contribution in [3.63, 3.8) is 0 Å². The summed E-state index contributed by atoms with van der Waals surface area (Å²) >= 11 is 0. The first-order valence-electron chi connectivity index (χ1n) is 9.41. The van der Waals surface area contributed by atoms with Crippen LogP contribution in [0.5, 0.6) is 5.75 Å². The fraction of sp³-hybridized carbons (Fsp3) is 0.130. The summed E-state index contributed by atoms with van der Waals surface area (Å²) in [6.07, 6.45) is 1.47. The van der Waals surface area contributed by atoms with E-state index in [0.717, 1.165) is 5.56 Å². The minimum absolute atomic E-state index is 0.204. The molecule has 0 fully saturated rings. The monoisotopic (exact) mass is 419 g/mol. The highest BCUT2D eigenvalue weighted by atomic mass is 16.5. The number of hydrogen-bond donors (Lipinski definition) is 2. The molecule has 0 aliphatic rings. The number of carbonyl (C=O) groups excluding carboxylic acids is 3. The number of imide groups is 1. The highest BCUT2D eigenvalue weighted by Crippen LogP contribution is 2.26. The molecular formula is C23H21N3O5. The van der Waals surface area contributed by atoms with Crippen LogP contribution in [0.25, 0.3) is 22.2 Å². The van der Waals surface area contributed by atoms with Crippen LogP contribution in [0.1, 0.15) is 10.4 Å². The number of nitrogens with one attached hydrogen (secondary N) is 2. The van der Waals surface area contributed by atoms with Crippen molar-refractivity contribution >= 4 is 28.8 Å². The van der Waals surface area contributed by atoms with Crippen molar-refractivity contribution in [3.05, 3.63) is 72.8 Å². The van der Waals surface area contributed by atoms with Gasteiger partial charge in [0, 0.05) is 17.5 Å². The van der Waals surface area contributed by atoms with Gasteiger partial charge in [0.1, 0.15) is 5.75 Å². The summed E-state index contributed by atoms with van der Waals surface area (Å²) in [5, 5.41) is 5.05. The molecule has 3 amide bonds. The molecule has 8 heteroatoms. The molecular weight excluding hydrogens is 398 g/mol. The lowest BCUT2D eigenvalue weighted by atomic mass is 10.0. The second-order valence-corrected chi connectivity index (χ2v) is 6.42. The number of nitrogens with zero attached hydrogens (tertiary/aromatic N) is 1. The van der Waals surface area contributed by atoms with Gasteiger partial charge in [-0.2, -0.15) is 0 Å². The maximum absolute atomic E-state index is 12.7. The lowest BCUT2D eigenvalue weighted by molar-refractivity contribution is -0.123. The maximum atomic E-state index is 12.7. The van der Waals surface area contributed by atoms with Gasteiger partial charge >= 0.3 is 12.0 Å². The van der Waals surface area contributed by atoms with Gasteiger partial charge in [-0.15, -0.1) is 6.58 Å². The van der Waals surface area contributed by atoms with Crippen molar-refractivity contribution < 1.29 is 23.9 Å². The lowest BCUT2D eigenvalue weighted by Crippen LogP contribution is -2.41. The molecule has 0 bridgehead atoms. The van der Waals surface area contributed by atoms with Gasteiger partial charge in [0.15, 0.2) is 6.61 Å². The zero-order valence-corrected chi connectivity index (χ0v) is 16.9. The number of amides is 3. The summed E-state index contributed by atoms with van der Waals surface area (Å²) in [5.41, 5.74) is 2.23. The molecule has 1 heterocycles. The Kier molecular flexibility index (Phi) is 6.95. The van der Waals surface area contributed by atoms with Gasteiger partial charge < -0.3 is 14.8 Å². The largest absolute Gasteiger partial charge is 0.497 e. The summed E-state index contributed by atoms with van der Waals surface area (Å²) in [7, 11) is 1.58. The number of pyridine rings is 1. The molecule has 0 spiro atoms. The van der Waals surface area contributed by atoms with Crippen LogP contribution in [0, 0.1) is 0 Å². The van der Waals surface area contributed by atoms with E-state index in [0.29, 0.717) is 22.3 Å². The van der Waals surface area contributed by atoms with Crippen LogP contribution in [0.15, 0.2) is 67.3 Å². The van der Waals surface area contributed by atoms with Crippen LogP contribution in [0.4, 0.5) is 4.79 Å². The first-order chi connectivity index (χ1) is 15.0. The number of methoxy groups -OCH3 is 1. The first-order valence-corrected chi connectivity index (χ1v) is 9.41. The summed E-state index contributed by atoms with van der Waals surface area (Å²) < 4.78 is 10.3. The van der Waals surface area contributed by atoms with Crippen molar-refractivity contribution in [3.8, 4) is 17.0 Å². The van der Waals surface area contributed by atoms with Gasteiger partial charge in [-0.25, -0.2) is 14.6 Å². The van der Waals surface area contributed by atoms with E-state index < -0.39 is 24.5 Å². The van der Waals surface area contributed by atoms with Crippen LogP contribution < -0.4 is 15.4 Å². The van der Waals surface area contributed by atoms with Gasteiger partial charge in [-0.1, -0.05) is 24.3 Å². The van der Waals surface area contributed by atoms with E-state index in [1.165, 1.54) is 6.08 Å². The van der Waals surface area contributed by atoms with Gasteiger partial charge in [0.2, 0.25) is 0 Å². The SMILES string of the molecule is C=CCNC(=O)NC(=O)COC(=O)c1cc(-c2ccc(OC)cc2)nc2ccccc12. The van der Waals surface area contributed by atoms with E-state index in [1.54, 1.807) is 43.5 Å². The van der Waals surface area contributed by atoms with Crippen LogP contribution in [0.2, 0.25) is 0 Å². The number of ether oxygens (including phenoxy) is 2. The molecule has 8 nitrogen and oxygen atoms in total. The third-order valence-corrected chi connectivity index (χ3v) is 4.32. The van der Waals surface area contributed by atoms with Crippen molar-refractivity contribution in [2.24, 2.45) is 0 Å². The van der Waals surface area contributed by atoms with Gasteiger partial charge in [-0.3, -0.25) is 10.1 Å². The summed E-state index contributed by atoms with van der Waals surface area (Å²) in [5.74, 6) is -0.744. The van der Waals surface area contributed by atoms with E-state index in [4.69, 9.17) is 9.47 Å². The molecule has 1 aromatic heterocycles. The Morgan fingerprint density at radius 2 is 1.84 bits per heavy atom. The fourth-order valence-corrected chi connectivity index (χ4v) is 2.83. The van der Waals surface area contributed by atoms with Crippen LogP contribution in [-0.2, 0) is 9.53 Å². The molecule has 0 aliphatic carbocycles. The van der Waals surface area contributed by atoms with Crippen LogP contribution >= 0.6 is 0 Å². The second kappa shape index (κ2) is 10.0. The Labute approximate surface area is 178 Å². The van der Waals surface area contributed by atoms with Gasteiger partial charge in [0.25, 0.3) is 5.91 Å². The molecule has 3 aromatic rings. The normalized spacial score (nSPS) is 10.2. The predicted octanol–water partition coefficient (Wildman–Crippen LogP) is 3.08.